The number of halogens is 2. The van der Waals surface area contributed by atoms with Crippen molar-refractivity contribution in [3.8, 4) is 5.75 Å². The van der Waals surface area contributed by atoms with Crippen molar-refractivity contribution in [3.63, 3.8) is 0 Å². The molecule has 7 heteroatoms. The van der Waals surface area contributed by atoms with E-state index in [1.54, 1.807) is 16.2 Å². The standard InChI is InChI=1S/C19H19F2NO3S/c20-14-1-2-16(15(21)11-14)24-12-17(23)22-7-5-19(6-8-22)18-13(3-9-25-19)4-10-26-18/h1-2,4,10-11H,3,5-9,12H2. The van der Waals surface area contributed by atoms with Crippen LogP contribution in [0.15, 0.2) is 29.6 Å². The molecule has 2 aliphatic rings. The van der Waals surface area contributed by atoms with Crippen LogP contribution in [0.2, 0.25) is 0 Å². The number of hydrogen-bond donors (Lipinski definition) is 0. The molecule has 0 atom stereocenters. The van der Waals surface area contributed by atoms with Gasteiger partial charge >= 0.3 is 0 Å². The van der Waals surface area contributed by atoms with Crippen LogP contribution in [0.3, 0.4) is 0 Å². The van der Waals surface area contributed by atoms with E-state index in [1.807, 2.05) is 0 Å². The number of likely N-dealkylation sites (tertiary alicyclic amines) is 1. The summed E-state index contributed by atoms with van der Waals surface area (Å²) in [4.78, 5) is 15.4. The molecule has 0 aliphatic carbocycles. The van der Waals surface area contributed by atoms with Gasteiger partial charge in [0.05, 0.1) is 6.61 Å². The fourth-order valence-corrected chi connectivity index (χ4v) is 4.83. The highest BCUT2D eigenvalue weighted by atomic mass is 32.1. The molecule has 2 aromatic rings. The van der Waals surface area contributed by atoms with Crippen LogP contribution < -0.4 is 4.74 Å². The van der Waals surface area contributed by atoms with E-state index in [9.17, 15) is 13.6 Å². The number of piperidine rings is 1. The third kappa shape index (κ3) is 3.21. The zero-order valence-corrected chi connectivity index (χ0v) is 15.0. The zero-order valence-electron chi connectivity index (χ0n) is 14.2. The van der Waals surface area contributed by atoms with E-state index >= 15 is 0 Å². The third-order valence-electron chi connectivity index (χ3n) is 5.08. The molecule has 4 rings (SSSR count). The number of carbonyl (C=O) groups is 1. The van der Waals surface area contributed by atoms with Gasteiger partial charge in [-0.05, 0) is 48.4 Å². The molecule has 138 valence electrons. The number of benzene rings is 1. The molecule has 0 unspecified atom stereocenters. The zero-order chi connectivity index (χ0) is 18.1. The molecule has 0 radical (unpaired) electrons. The highest BCUT2D eigenvalue weighted by molar-refractivity contribution is 7.10. The van der Waals surface area contributed by atoms with Gasteiger partial charge in [-0.15, -0.1) is 11.3 Å². The molecule has 0 bridgehead atoms. The molecule has 26 heavy (non-hydrogen) atoms. The summed E-state index contributed by atoms with van der Waals surface area (Å²) in [6, 6.07) is 5.19. The van der Waals surface area contributed by atoms with Crippen LogP contribution in [0, 0.1) is 11.6 Å². The number of amides is 1. The maximum absolute atomic E-state index is 13.6. The number of hydrogen-bond acceptors (Lipinski definition) is 4. The first-order valence-corrected chi connectivity index (χ1v) is 9.52. The van der Waals surface area contributed by atoms with Gasteiger partial charge in [0.25, 0.3) is 5.91 Å². The Bertz CT molecular complexity index is 815. The molecule has 2 aliphatic heterocycles. The monoisotopic (exact) mass is 379 g/mol. The van der Waals surface area contributed by atoms with Gasteiger partial charge in [-0.2, -0.15) is 0 Å². The second kappa shape index (κ2) is 6.96. The van der Waals surface area contributed by atoms with Crippen molar-refractivity contribution in [1.29, 1.82) is 0 Å². The minimum Gasteiger partial charge on any atom is -0.481 e. The van der Waals surface area contributed by atoms with Crippen molar-refractivity contribution in [2.45, 2.75) is 24.9 Å². The number of nitrogens with zero attached hydrogens (tertiary/aromatic N) is 1. The number of ether oxygens (including phenoxy) is 2. The average Bonchev–Trinajstić information content (AvgIpc) is 3.12. The molecule has 3 heterocycles. The largest absolute Gasteiger partial charge is 0.481 e. The van der Waals surface area contributed by atoms with Crippen molar-refractivity contribution in [3.05, 3.63) is 51.7 Å². The van der Waals surface area contributed by atoms with Crippen LogP contribution in [0.5, 0.6) is 5.75 Å². The highest BCUT2D eigenvalue weighted by Gasteiger charge is 2.42. The summed E-state index contributed by atoms with van der Waals surface area (Å²) >= 11 is 1.73. The Hall–Kier alpha value is -1.99. The molecule has 0 N–H and O–H groups in total. The lowest BCUT2D eigenvalue weighted by molar-refractivity contribution is -0.142. The topological polar surface area (TPSA) is 38.8 Å². The van der Waals surface area contributed by atoms with Crippen LogP contribution in [0.25, 0.3) is 0 Å². The van der Waals surface area contributed by atoms with E-state index in [1.165, 1.54) is 16.5 Å². The number of thiophene rings is 1. The Kier molecular flexibility index (Phi) is 4.67. The van der Waals surface area contributed by atoms with E-state index in [0.717, 1.165) is 31.4 Å². The van der Waals surface area contributed by atoms with Gasteiger partial charge in [-0.1, -0.05) is 0 Å². The fourth-order valence-electron chi connectivity index (χ4n) is 3.67. The van der Waals surface area contributed by atoms with Gasteiger partial charge in [-0.3, -0.25) is 4.79 Å². The average molecular weight is 379 g/mol. The van der Waals surface area contributed by atoms with Crippen molar-refractivity contribution < 1.29 is 23.0 Å². The minimum absolute atomic E-state index is 0.118. The van der Waals surface area contributed by atoms with Gasteiger partial charge < -0.3 is 14.4 Å². The van der Waals surface area contributed by atoms with Crippen molar-refractivity contribution >= 4 is 17.2 Å². The van der Waals surface area contributed by atoms with Crippen molar-refractivity contribution in [1.82, 2.24) is 4.90 Å². The summed E-state index contributed by atoms with van der Waals surface area (Å²) in [6.45, 7) is 1.60. The predicted octanol–water partition coefficient (Wildman–Crippen LogP) is 3.50. The SMILES string of the molecule is O=C(COc1ccc(F)cc1F)N1CCC2(CC1)OCCc1ccsc12. The van der Waals surface area contributed by atoms with Crippen LogP contribution in [0.1, 0.15) is 23.3 Å². The van der Waals surface area contributed by atoms with E-state index < -0.39 is 11.6 Å². The van der Waals surface area contributed by atoms with Crippen LogP contribution in [0.4, 0.5) is 8.78 Å². The molecule has 1 aromatic carbocycles. The Labute approximate surface area is 154 Å². The molecule has 1 saturated heterocycles. The van der Waals surface area contributed by atoms with E-state index in [4.69, 9.17) is 9.47 Å². The number of fused-ring (bicyclic) bond motifs is 2. The first kappa shape index (κ1) is 17.4. The lowest BCUT2D eigenvalue weighted by atomic mass is 9.85. The lowest BCUT2D eigenvalue weighted by Crippen LogP contribution is -2.49. The smallest absolute Gasteiger partial charge is 0.260 e. The lowest BCUT2D eigenvalue weighted by Gasteiger charge is -2.43. The second-order valence-corrected chi connectivity index (χ2v) is 7.53. The maximum Gasteiger partial charge on any atom is 0.260 e. The molecule has 1 spiro atoms. The van der Waals surface area contributed by atoms with E-state index in [0.29, 0.717) is 19.7 Å². The van der Waals surface area contributed by atoms with Crippen LogP contribution >= 0.6 is 11.3 Å². The quantitative estimate of drug-likeness (QED) is 0.819. The summed E-state index contributed by atoms with van der Waals surface area (Å²) in [5.41, 5.74) is 1.08. The molecular weight excluding hydrogens is 360 g/mol. The Morgan fingerprint density at radius 3 is 2.85 bits per heavy atom. The van der Waals surface area contributed by atoms with Gasteiger partial charge in [0, 0.05) is 24.0 Å². The first-order chi connectivity index (χ1) is 12.6. The molecule has 1 fully saturated rings. The maximum atomic E-state index is 13.6. The second-order valence-electron chi connectivity index (χ2n) is 6.61. The third-order valence-corrected chi connectivity index (χ3v) is 6.22. The molecule has 1 aromatic heterocycles. The summed E-state index contributed by atoms with van der Waals surface area (Å²) in [7, 11) is 0. The first-order valence-electron chi connectivity index (χ1n) is 8.64. The fraction of sp³-hybridized carbons (Fsp3) is 0.421. The summed E-state index contributed by atoms with van der Waals surface area (Å²) < 4.78 is 37.9. The van der Waals surface area contributed by atoms with Gasteiger partial charge in [0.15, 0.2) is 18.2 Å². The minimum atomic E-state index is -0.809. The normalized spacial score (nSPS) is 18.6. The molecular formula is C19H19F2NO3S. The van der Waals surface area contributed by atoms with Crippen LogP contribution in [-0.4, -0.2) is 37.1 Å². The Morgan fingerprint density at radius 1 is 1.27 bits per heavy atom. The predicted molar refractivity (Wildman–Crippen MR) is 93.3 cm³/mol. The van der Waals surface area contributed by atoms with Gasteiger partial charge in [0.2, 0.25) is 0 Å². The van der Waals surface area contributed by atoms with Gasteiger partial charge in [0.1, 0.15) is 11.4 Å². The summed E-state index contributed by atoms with van der Waals surface area (Å²) in [5.74, 6) is -1.81. The van der Waals surface area contributed by atoms with E-state index in [2.05, 4.69) is 11.4 Å². The molecule has 4 nitrogen and oxygen atoms in total. The number of carbonyl (C=O) groups excluding carboxylic acids is 1. The highest BCUT2D eigenvalue weighted by Crippen LogP contribution is 2.44. The summed E-state index contributed by atoms with van der Waals surface area (Å²) in [6.07, 6.45) is 2.44. The van der Waals surface area contributed by atoms with Crippen molar-refractivity contribution in [2.24, 2.45) is 0 Å². The summed E-state index contributed by atoms with van der Waals surface area (Å²) in [5, 5.41) is 2.10. The molecule has 1 amide bonds. The van der Waals surface area contributed by atoms with Gasteiger partial charge in [-0.25, -0.2) is 8.78 Å². The van der Waals surface area contributed by atoms with Crippen molar-refractivity contribution in [2.75, 3.05) is 26.3 Å². The van der Waals surface area contributed by atoms with Crippen LogP contribution in [-0.2, 0) is 21.6 Å². The Morgan fingerprint density at radius 2 is 2.08 bits per heavy atom. The van der Waals surface area contributed by atoms with E-state index in [-0.39, 0.29) is 23.9 Å². The molecule has 0 saturated carbocycles. The Balaban J connectivity index is 1.36. The number of rotatable bonds is 3.